The summed E-state index contributed by atoms with van der Waals surface area (Å²) in [5.74, 6) is -0.00956. The van der Waals surface area contributed by atoms with Gasteiger partial charge in [-0.3, -0.25) is 9.69 Å². The smallest absolute Gasteiger partial charge is 0.238 e. The molecule has 1 aromatic rings. The molecule has 1 amide bonds. The molecule has 5 heteroatoms. The lowest BCUT2D eigenvalue weighted by atomic mass is 9.98. The molecule has 116 valence electrons. The Kier molecular flexibility index (Phi) is 5.88. The zero-order valence-corrected chi connectivity index (χ0v) is 13.3. The monoisotopic (exact) mass is 309 g/mol. The fraction of sp³-hybridized carbons (Fsp3) is 0.562. The lowest BCUT2D eigenvalue weighted by Crippen LogP contribution is -2.43. The normalized spacial score (nSPS) is 19.4. The van der Waals surface area contributed by atoms with E-state index < -0.39 is 0 Å². The van der Waals surface area contributed by atoms with Gasteiger partial charge in [0, 0.05) is 11.7 Å². The molecule has 1 atom stereocenters. The van der Waals surface area contributed by atoms with E-state index in [9.17, 15) is 4.79 Å². The molecule has 21 heavy (non-hydrogen) atoms. The Labute approximate surface area is 131 Å². The van der Waals surface area contributed by atoms with Crippen molar-refractivity contribution in [2.75, 3.05) is 24.1 Å². The average Bonchev–Trinajstić information content (AvgIpc) is 2.44. The Bertz CT molecular complexity index is 490. The van der Waals surface area contributed by atoms with E-state index in [1.807, 2.05) is 0 Å². The van der Waals surface area contributed by atoms with Crippen molar-refractivity contribution >= 4 is 28.9 Å². The summed E-state index contributed by atoms with van der Waals surface area (Å²) in [6, 6.07) is 5.67. The van der Waals surface area contributed by atoms with Crippen LogP contribution in [0, 0.1) is 0 Å². The van der Waals surface area contributed by atoms with Crippen molar-refractivity contribution in [3.05, 3.63) is 23.2 Å². The van der Waals surface area contributed by atoms with E-state index in [-0.39, 0.29) is 5.91 Å². The Balaban J connectivity index is 1.93. The number of halogens is 1. The molecule has 1 unspecified atom stereocenters. The van der Waals surface area contributed by atoms with Crippen molar-refractivity contribution in [2.45, 2.75) is 45.1 Å². The number of piperidine rings is 1. The molecule has 3 N–H and O–H groups in total. The zero-order valence-electron chi connectivity index (χ0n) is 12.6. The van der Waals surface area contributed by atoms with Crippen LogP contribution in [0.3, 0.4) is 0 Å². The quantitative estimate of drug-likeness (QED) is 0.818. The summed E-state index contributed by atoms with van der Waals surface area (Å²) in [5, 5.41) is 3.36. The first kappa shape index (κ1) is 16.1. The lowest BCUT2D eigenvalue weighted by Gasteiger charge is -2.35. The van der Waals surface area contributed by atoms with Gasteiger partial charge in [-0.05, 0) is 44.0 Å². The highest BCUT2D eigenvalue weighted by atomic mass is 35.5. The summed E-state index contributed by atoms with van der Waals surface area (Å²) in [7, 11) is 0. The average molecular weight is 310 g/mol. The largest absolute Gasteiger partial charge is 0.399 e. The van der Waals surface area contributed by atoms with Crippen LogP contribution in [0.2, 0.25) is 5.02 Å². The molecule has 1 aromatic carbocycles. The van der Waals surface area contributed by atoms with E-state index in [2.05, 4.69) is 17.1 Å². The minimum atomic E-state index is -0.00956. The van der Waals surface area contributed by atoms with Crippen molar-refractivity contribution < 1.29 is 4.79 Å². The van der Waals surface area contributed by atoms with Crippen molar-refractivity contribution in [1.82, 2.24) is 4.90 Å². The molecule has 2 rings (SSSR count). The number of nitrogens with one attached hydrogen (secondary N) is 1. The van der Waals surface area contributed by atoms with Gasteiger partial charge in [0.1, 0.15) is 0 Å². The third kappa shape index (κ3) is 4.61. The first-order valence-corrected chi connectivity index (χ1v) is 8.07. The SMILES string of the molecule is CCCC1CCCCN1CC(=O)Nc1ccc(N)cc1Cl. The van der Waals surface area contributed by atoms with Gasteiger partial charge >= 0.3 is 0 Å². The van der Waals surface area contributed by atoms with Crippen molar-refractivity contribution in [1.29, 1.82) is 0 Å². The third-order valence-corrected chi connectivity index (χ3v) is 4.30. The second-order valence-electron chi connectivity index (χ2n) is 5.70. The fourth-order valence-electron chi connectivity index (χ4n) is 2.94. The highest BCUT2D eigenvalue weighted by Gasteiger charge is 2.23. The molecule has 0 spiro atoms. The van der Waals surface area contributed by atoms with E-state index in [1.54, 1.807) is 18.2 Å². The highest BCUT2D eigenvalue weighted by molar-refractivity contribution is 6.34. The Hall–Kier alpha value is -1.26. The number of nitrogens with two attached hydrogens (primary N) is 1. The van der Waals surface area contributed by atoms with Gasteiger partial charge in [-0.25, -0.2) is 0 Å². The minimum Gasteiger partial charge on any atom is -0.399 e. The summed E-state index contributed by atoms with van der Waals surface area (Å²) in [6.07, 6.45) is 5.97. The van der Waals surface area contributed by atoms with Crippen LogP contribution < -0.4 is 11.1 Å². The van der Waals surface area contributed by atoms with Crippen molar-refractivity contribution in [3.8, 4) is 0 Å². The van der Waals surface area contributed by atoms with Gasteiger partial charge in [0.15, 0.2) is 0 Å². The number of rotatable bonds is 5. The molecule has 0 aliphatic carbocycles. The second kappa shape index (κ2) is 7.66. The number of nitrogens with zero attached hydrogens (tertiary/aromatic N) is 1. The number of benzene rings is 1. The Morgan fingerprint density at radius 1 is 1.48 bits per heavy atom. The summed E-state index contributed by atoms with van der Waals surface area (Å²) in [5.41, 5.74) is 6.87. The van der Waals surface area contributed by atoms with Gasteiger partial charge in [-0.1, -0.05) is 31.4 Å². The van der Waals surface area contributed by atoms with E-state index in [4.69, 9.17) is 17.3 Å². The summed E-state index contributed by atoms with van der Waals surface area (Å²) in [4.78, 5) is 14.5. The van der Waals surface area contributed by atoms with E-state index in [1.165, 1.54) is 19.3 Å². The maximum atomic E-state index is 12.2. The van der Waals surface area contributed by atoms with Gasteiger partial charge in [-0.2, -0.15) is 0 Å². The molecule has 1 aliphatic heterocycles. The number of hydrogen-bond acceptors (Lipinski definition) is 3. The predicted octanol–water partition coefficient (Wildman–Crippen LogP) is 3.52. The molecule has 0 bridgehead atoms. The molecule has 1 saturated heterocycles. The molecule has 0 radical (unpaired) electrons. The number of likely N-dealkylation sites (tertiary alicyclic amines) is 1. The van der Waals surface area contributed by atoms with Crippen LogP contribution in [-0.4, -0.2) is 29.9 Å². The standard InChI is InChI=1S/C16H24ClN3O/c1-2-5-13-6-3-4-9-20(13)11-16(21)19-15-8-7-12(18)10-14(15)17/h7-8,10,13H,2-6,9,11,18H2,1H3,(H,19,21). The van der Waals surface area contributed by atoms with Crippen LogP contribution in [0.5, 0.6) is 0 Å². The summed E-state index contributed by atoms with van der Waals surface area (Å²) < 4.78 is 0. The number of nitrogen functional groups attached to an aromatic ring is 1. The molecule has 1 fully saturated rings. The fourth-order valence-corrected chi connectivity index (χ4v) is 3.17. The molecule has 1 aliphatic rings. The molecule has 4 nitrogen and oxygen atoms in total. The maximum absolute atomic E-state index is 12.2. The highest BCUT2D eigenvalue weighted by Crippen LogP contribution is 2.25. The summed E-state index contributed by atoms with van der Waals surface area (Å²) >= 11 is 6.09. The maximum Gasteiger partial charge on any atom is 0.238 e. The molecule has 0 aromatic heterocycles. The topological polar surface area (TPSA) is 58.4 Å². The molecular formula is C16H24ClN3O. The van der Waals surface area contributed by atoms with Gasteiger partial charge in [-0.15, -0.1) is 0 Å². The van der Waals surface area contributed by atoms with Crippen LogP contribution in [-0.2, 0) is 4.79 Å². The molecular weight excluding hydrogens is 286 g/mol. The Morgan fingerprint density at radius 2 is 2.29 bits per heavy atom. The van der Waals surface area contributed by atoms with E-state index in [0.29, 0.717) is 29.0 Å². The number of amides is 1. The van der Waals surface area contributed by atoms with Crippen LogP contribution in [0.15, 0.2) is 18.2 Å². The van der Waals surface area contributed by atoms with Crippen molar-refractivity contribution in [3.63, 3.8) is 0 Å². The van der Waals surface area contributed by atoms with Crippen LogP contribution in [0.1, 0.15) is 39.0 Å². The zero-order chi connectivity index (χ0) is 15.2. The number of carbonyl (C=O) groups is 1. The van der Waals surface area contributed by atoms with Gasteiger partial charge in [0.2, 0.25) is 5.91 Å². The summed E-state index contributed by atoms with van der Waals surface area (Å²) in [6.45, 7) is 3.64. The third-order valence-electron chi connectivity index (χ3n) is 3.98. The first-order valence-electron chi connectivity index (χ1n) is 7.69. The number of carbonyl (C=O) groups excluding carboxylic acids is 1. The van der Waals surface area contributed by atoms with Gasteiger partial charge < -0.3 is 11.1 Å². The number of hydrogen-bond donors (Lipinski definition) is 2. The first-order chi connectivity index (χ1) is 10.1. The lowest BCUT2D eigenvalue weighted by molar-refractivity contribution is -0.118. The number of anilines is 2. The second-order valence-corrected chi connectivity index (χ2v) is 6.10. The van der Waals surface area contributed by atoms with Crippen molar-refractivity contribution in [2.24, 2.45) is 0 Å². The molecule has 0 saturated carbocycles. The van der Waals surface area contributed by atoms with E-state index >= 15 is 0 Å². The minimum absolute atomic E-state index is 0.00956. The van der Waals surface area contributed by atoms with E-state index in [0.717, 1.165) is 19.4 Å². The van der Waals surface area contributed by atoms with Crippen LogP contribution >= 0.6 is 11.6 Å². The van der Waals surface area contributed by atoms with Gasteiger partial charge in [0.25, 0.3) is 0 Å². The van der Waals surface area contributed by atoms with Crippen LogP contribution in [0.4, 0.5) is 11.4 Å². The Morgan fingerprint density at radius 3 is 3.00 bits per heavy atom. The predicted molar refractivity (Wildman–Crippen MR) is 88.6 cm³/mol. The molecule has 1 heterocycles. The van der Waals surface area contributed by atoms with Crippen LogP contribution in [0.25, 0.3) is 0 Å². The van der Waals surface area contributed by atoms with Gasteiger partial charge in [0.05, 0.1) is 17.3 Å².